The Balaban J connectivity index is 1.76. The lowest BCUT2D eigenvalue weighted by atomic mass is 10.0. The highest BCUT2D eigenvalue weighted by molar-refractivity contribution is 7.91. The zero-order valence-corrected chi connectivity index (χ0v) is 17.3. The predicted molar refractivity (Wildman–Crippen MR) is 105 cm³/mol. The lowest BCUT2D eigenvalue weighted by Gasteiger charge is -2.37. The quantitative estimate of drug-likeness (QED) is 0.661. The fourth-order valence-electron chi connectivity index (χ4n) is 3.10. The summed E-state index contributed by atoms with van der Waals surface area (Å²) in [6.45, 7) is 3.58. The molecule has 6 nitrogen and oxygen atoms in total. The molecule has 1 aromatic heterocycles. The fourth-order valence-corrected chi connectivity index (χ4v) is 5.79. The van der Waals surface area contributed by atoms with Gasteiger partial charge in [0.25, 0.3) is 10.0 Å². The molecule has 0 N–H and O–H groups in total. The lowest BCUT2D eigenvalue weighted by Crippen LogP contribution is -2.51. The van der Waals surface area contributed by atoms with Crippen LogP contribution in [0.4, 0.5) is 0 Å². The van der Waals surface area contributed by atoms with Gasteiger partial charge < -0.3 is 4.74 Å². The summed E-state index contributed by atoms with van der Waals surface area (Å²) < 4.78 is 32.4. The fraction of sp³-hybridized carbons (Fsp3) is 0.389. The van der Waals surface area contributed by atoms with Gasteiger partial charge in [-0.2, -0.15) is 4.31 Å². The standard InChI is InChI=1S/C18H21ClN2O4S2/c1-2-25-18(22)17(14-5-7-15(19)8-6-14)20-9-11-21(12-10-20)27(23,24)16-4-3-13-26-16/h3-8,13,17H,2,9-12H2,1H3. The van der Waals surface area contributed by atoms with Gasteiger partial charge in [0.15, 0.2) is 0 Å². The van der Waals surface area contributed by atoms with Crippen molar-refractivity contribution in [3.05, 3.63) is 52.4 Å². The smallest absolute Gasteiger partial charge is 0.328 e. The SMILES string of the molecule is CCOC(=O)C(c1ccc(Cl)cc1)N1CCN(S(=O)(=O)c2cccs2)CC1. The van der Waals surface area contributed by atoms with E-state index in [0.717, 1.165) is 5.56 Å². The van der Waals surface area contributed by atoms with Crippen LogP contribution in [0.3, 0.4) is 0 Å². The summed E-state index contributed by atoms with van der Waals surface area (Å²) in [5.74, 6) is -0.339. The Morgan fingerprint density at radius 3 is 2.41 bits per heavy atom. The zero-order chi connectivity index (χ0) is 19.4. The summed E-state index contributed by atoms with van der Waals surface area (Å²) in [6, 6.07) is 9.85. The Morgan fingerprint density at radius 1 is 1.19 bits per heavy atom. The van der Waals surface area contributed by atoms with Crippen LogP contribution in [-0.2, 0) is 19.6 Å². The molecule has 1 unspecified atom stereocenters. The van der Waals surface area contributed by atoms with E-state index in [2.05, 4.69) is 0 Å². The maximum absolute atomic E-state index is 12.7. The zero-order valence-electron chi connectivity index (χ0n) is 14.9. The second-order valence-corrected chi connectivity index (χ2v) is 9.63. The second kappa shape index (κ2) is 8.70. The van der Waals surface area contributed by atoms with E-state index < -0.39 is 16.1 Å². The third-order valence-electron chi connectivity index (χ3n) is 4.42. The van der Waals surface area contributed by atoms with E-state index in [-0.39, 0.29) is 12.6 Å². The first-order valence-corrected chi connectivity index (χ1v) is 11.3. The Labute approximate surface area is 168 Å². The van der Waals surface area contributed by atoms with Gasteiger partial charge in [0.05, 0.1) is 6.61 Å². The van der Waals surface area contributed by atoms with E-state index in [4.69, 9.17) is 16.3 Å². The molecule has 0 amide bonds. The van der Waals surface area contributed by atoms with E-state index in [0.29, 0.717) is 35.4 Å². The van der Waals surface area contributed by atoms with Gasteiger partial charge in [-0.15, -0.1) is 11.3 Å². The molecule has 1 atom stereocenters. The van der Waals surface area contributed by atoms with Crippen molar-refractivity contribution in [2.75, 3.05) is 32.8 Å². The number of benzene rings is 1. The molecule has 1 aromatic carbocycles. The normalized spacial score (nSPS) is 17.6. The number of thiophene rings is 1. The number of halogens is 1. The Kier molecular flexibility index (Phi) is 6.54. The van der Waals surface area contributed by atoms with Gasteiger partial charge in [0.2, 0.25) is 0 Å². The highest BCUT2D eigenvalue weighted by Gasteiger charge is 2.35. The van der Waals surface area contributed by atoms with Crippen LogP contribution >= 0.6 is 22.9 Å². The molecule has 1 aliphatic heterocycles. The maximum atomic E-state index is 12.7. The van der Waals surface area contributed by atoms with Crippen molar-refractivity contribution in [3.63, 3.8) is 0 Å². The van der Waals surface area contributed by atoms with E-state index in [1.807, 2.05) is 4.90 Å². The van der Waals surface area contributed by atoms with Gasteiger partial charge >= 0.3 is 5.97 Å². The molecule has 2 heterocycles. The van der Waals surface area contributed by atoms with Crippen molar-refractivity contribution >= 4 is 38.9 Å². The van der Waals surface area contributed by atoms with Crippen molar-refractivity contribution in [1.29, 1.82) is 0 Å². The van der Waals surface area contributed by atoms with Gasteiger partial charge in [0.1, 0.15) is 10.3 Å². The Morgan fingerprint density at radius 2 is 1.85 bits per heavy atom. The van der Waals surface area contributed by atoms with Gasteiger partial charge in [-0.25, -0.2) is 13.2 Å². The topological polar surface area (TPSA) is 66.9 Å². The van der Waals surface area contributed by atoms with E-state index in [9.17, 15) is 13.2 Å². The first-order valence-electron chi connectivity index (χ1n) is 8.63. The molecule has 27 heavy (non-hydrogen) atoms. The number of piperazine rings is 1. The van der Waals surface area contributed by atoms with Gasteiger partial charge in [0, 0.05) is 31.2 Å². The van der Waals surface area contributed by atoms with E-state index in [1.165, 1.54) is 15.6 Å². The van der Waals surface area contributed by atoms with E-state index >= 15 is 0 Å². The highest BCUT2D eigenvalue weighted by atomic mass is 35.5. The summed E-state index contributed by atoms with van der Waals surface area (Å²) in [5, 5.41) is 2.34. The second-order valence-electron chi connectivity index (χ2n) is 6.08. The number of hydrogen-bond acceptors (Lipinski definition) is 6. The Bertz CT molecular complexity index is 861. The maximum Gasteiger partial charge on any atom is 0.328 e. The van der Waals surface area contributed by atoms with Crippen molar-refractivity contribution in [2.24, 2.45) is 0 Å². The third kappa shape index (κ3) is 4.52. The summed E-state index contributed by atoms with van der Waals surface area (Å²) in [5.41, 5.74) is 0.785. The van der Waals surface area contributed by atoms with Crippen LogP contribution < -0.4 is 0 Å². The molecule has 1 fully saturated rings. The van der Waals surface area contributed by atoms with E-state index in [1.54, 1.807) is 48.7 Å². The molecular weight excluding hydrogens is 408 g/mol. The highest BCUT2D eigenvalue weighted by Crippen LogP contribution is 2.28. The average Bonchev–Trinajstić information content (AvgIpc) is 3.20. The van der Waals surface area contributed by atoms with Crippen molar-refractivity contribution in [1.82, 2.24) is 9.21 Å². The number of sulfonamides is 1. The summed E-state index contributed by atoms with van der Waals surface area (Å²) >= 11 is 7.17. The minimum Gasteiger partial charge on any atom is -0.465 e. The summed E-state index contributed by atoms with van der Waals surface area (Å²) in [4.78, 5) is 14.5. The van der Waals surface area contributed by atoms with Crippen LogP contribution in [0.25, 0.3) is 0 Å². The molecule has 0 spiro atoms. The minimum atomic E-state index is -3.48. The number of rotatable bonds is 6. The van der Waals surface area contributed by atoms with Gasteiger partial charge in [-0.3, -0.25) is 4.90 Å². The predicted octanol–water partition coefficient (Wildman–Crippen LogP) is 3.01. The molecule has 2 aromatic rings. The number of carbonyl (C=O) groups excluding carboxylic acids is 1. The monoisotopic (exact) mass is 428 g/mol. The number of ether oxygens (including phenoxy) is 1. The van der Waals surface area contributed by atoms with Crippen LogP contribution in [0.15, 0.2) is 46.0 Å². The molecule has 3 rings (SSSR count). The molecule has 0 aliphatic carbocycles. The van der Waals surface area contributed by atoms with Crippen LogP contribution in [0.2, 0.25) is 5.02 Å². The largest absolute Gasteiger partial charge is 0.465 e. The molecule has 1 saturated heterocycles. The van der Waals surface area contributed by atoms with Crippen LogP contribution in [0.5, 0.6) is 0 Å². The Hall–Kier alpha value is -1.45. The summed E-state index contributed by atoms with van der Waals surface area (Å²) in [6.07, 6.45) is 0. The lowest BCUT2D eigenvalue weighted by molar-refractivity contribution is -0.150. The van der Waals surface area contributed by atoms with Gasteiger partial charge in [-0.05, 0) is 36.1 Å². The van der Waals surface area contributed by atoms with Crippen LogP contribution in [0.1, 0.15) is 18.5 Å². The molecule has 0 radical (unpaired) electrons. The minimum absolute atomic E-state index is 0.287. The third-order valence-corrected chi connectivity index (χ3v) is 7.95. The van der Waals surface area contributed by atoms with Crippen LogP contribution in [-0.4, -0.2) is 56.4 Å². The molecule has 146 valence electrons. The first kappa shape index (κ1) is 20.3. The number of esters is 1. The molecular formula is C18H21ClN2O4S2. The first-order chi connectivity index (χ1) is 12.9. The molecule has 9 heteroatoms. The molecule has 0 bridgehead atoms. The van der Waals surface area contributed by atoms with Crippen molar-refractivity contribution < 1.29 is 17.9 Å². The summed E-state index contributed by atoms with van der Waals surface area (Å²) in [7, 11) is -3.48. The average molecular weight is 429 g/mol. The van der Waals surface area contributed by atoms with Gasteiger partial charge in [-0.1, -0.05) is 29.8 Å². The molecule has 0 saturated carbocycles. The van der Waals surface area contributed by atoms with Crippen LogP contribution in [0, 0.1) is 0 Å². The van der Waals surface area contributed by atoms with Crippen molar-refractivity contribution in [3.8, 4) is 0 Å². The van der Waals surface area contributed by atoms with Crippen molar-refractivity contribution in [2.45, 2.75) is 17.2 Å². The number of hydrogen-bond donors (Lipinski definition) is 0. The molecule has 1 aliphatic rings. The number of nitrogens with zero attached hydrogens (tertiary/aromatic N) is 2. The number of carbonyl (C=O) groups is 1.